The highest BCUT2D eigenvalue weighted by atomic mass is 32.1. The number of amides is 1. The number of nitrogens with zero attached hydrogens (tertiary/aromatic N) is 3. The molecule has 6 nitrogen and oxygen atoms in total. The average Bonchev–Trinajstić information content (AvgIpc) is 3.20. The molecule has 1 aliphatic heterocycles. The second-order valence-electron chi connectivity index (χ2n) is 5.06. The summed E-state index contributed by atoms with van der Waals surface area (Å²) < 4.78 is 7.37. The van der Waals surface area contributed by atoms with E-state index in [9.17, 15) is 4.79 Å². The fourth-order valence-electron chi connectivity index (χ4n) is 2.58. The Morgan fingerprint density at radius 2 is 2.26 bits per heavy atom. The second kappa shape index (κ2) is 5.51. The Morgan fingerprint density at radius 3 is 3.13 bits per heavy atom. The van der Waals surface area contributed by atoms with Gasteiger partial charge in [-0.15, -0.1) is 0 Å². The molecule has 0 fully saturated rings. The van der Waals surface area contributed by atoms with Crippen LogP contribution >= 0.6 is 11.3 Å². The van der Waals surface area contributed by atoms with Crippen molar-refractivity contribution in [2.75, 3.05) is 5.32 Å². The van der Waals surface area contributed by atoms with E-state index in [0.717, 1.165) is 21.9 Å². The van der Waals surface area contributed by atoms with Crippen molar-refractivity contribution in [3.8, 4) is 17.0 Å². The first-order chi connectivity index (χ1) is 11.3. The van der Waals surface area contributed by atoms with E-state index in [1.54, 1.807) is 16.9 Å². The van der Waals surface area contributed by atoms with Crippen LogP contribution in [0.25, 0.3) is 11.3 Å². The molecular formula is C16H14N4O2S. The van der Waals surface area contributed by atoms with Crippen LogP contribution in [-0.2, 0) is 13.2 Å². The van der Waals surface area contributed by atoms with Gasteiger partial charge in [0.1, 0.15) is 18.1 Å². The van der Waals surface area contributed by atoms with Gasteiger partial charge in [-0.25, -0.2) is 4.98 Å². The number of aryl methyl sites for hydroxylation is 1. The Balaban J connectivity index is 1.63. The quantitative estimate of drug-likeness (QED) is 0.802. The Hall–Kier alpha value is -2.67. The van der Waals surface area contributed by atoms with Crippen LogP contribution in [0.4, 0.5) is 5.13 Å². The molecular weight excluding hydrogens is 312 g/mol. The van der Waals surface area contributed by atoms with Gasteiger partial charge < -0.3 is 4.74 Å². The minimum absolute atomic E-state index is 0.204. The first-order valence-corrected chi connectivity index (χ1v) is 8.13. The Morgan fingerprint density at radius 1 is 1.39 bits per heavy atom. The lowest BCUT2D eigenvalue weighted by atomic mass is 10.1. The summed E-state index contributed by atoms with van der Waals surface area (Å²) in [7, 11) is 0. The molecule has 23 heavy (non-hydrogen) atoms. The third kappa shape index (κ3) is 2.39. The summed E-state index contributed by atoms with van der Waals surface area (Å²) in [6.45, 7) is 3.07. The van der Waals surface area contributed by atoms with Gasteiger partial charge in [0, 0.05) is 18.3 Å². The number of ether oxygens (including phenoxy) is 1. The summed E-state index contributed by atoms with van der Waals surface area (Å²) in [5.41, 5.74) is 2.37. The van der Waals surface area contributed by atoms with Crippen LogP contribution in [0.1, 0.15) is 22.3 Å². The van der Waals surface area contributed by atoms with Crippen molar-refractivity contribution in [3.05, 3.63) is 47.1 Å². The van der Waals surface area contributed by atoms with Crippen LogP contribution < -0.4 is 10.1 Å². The third-order valence-corrected chi connectivity index (χ3v) is 4.61. The predicted molar refractivity (Wildman–Crippen MR) is 87.7 cm³/mol. The summed E-state index contributed by atoms with van der Waals surface area (Å²) in [5.74, 6) is 0.622. The number of rotatable bonds is 3. The van der Waals surface area contributed by atoms with Crippen molar-refractivity contribution in [1.29, 1.82) is 0 Å². The molecule has 0 radical (unpaired) electrons. The average molecular weight is 326 g/mol. The van der Waals surface area contributed by atoms with Crippen molar-refractivity contribution in [1.82, 2.24) is 14.8 Å². The van der Waals surface area contributed by atoms with Gasteiger partial charge in [0.25, 0.3) is 5.91 Å². The van der Waals surface area contributed by atoms with Gasteiger partial charge in [0.05, 0.1) is 10.6 Å². The highest BCUT2D eigenvalue weighted by Gasteiger charge is 2.23. The van der Waals surface area contributed by atoms with Crippen LogP contribution in [0.3, 0.4) is 0 Å². The van der Waals surface area contributed by atoms with E-state index < -0.39 is 0 Å². The lowest BCUT2D eigenvalue weighted by Crippen LogP contribution is -2.17. The number of fused-ring (bicyclic) bond motifs is 3. The van der Waals surface area contributed by atoms with Gasteiger partial charge in [-0.2, -0.15) is 5.10 Å². The maximum Gasteiger partial charge on any atom is 0.275 e. The van der Waals surface area contributed by atoms with E-state index in [1.807, 2.05) is 31.2 Å². The minimum Gasteiger partial charge on any atom is -0.487 e. The fourth-order valence-corrected chi connectivity index (χ4v) is 3.47. The molecule has 3 heterocycles. The van der Waals surface area contributed by atoms with Crippen LogP contribution in [0.5, 0.6) is 5.75 Å². The number of benzene rings is 1. The molecule has 0 unspecified atom stereocenters. The first kappa shape index (κ1) is 14.0. The van der Waals surface area contributed by atoms with Crippen molar-refractivity contribution < 1.29 is 9.53 Å². The highest BCUT2D eigenvalue weighted by Crippen LogP contribution is 2.40. The highest BCUT2D eigenvalue weighted by molar-refractivity contribution is 7.16. The molecule has 116 valence electrons. The molecule has 0 saturated carbocycles. The van der Waals surface area contributed by atoms with E-state index in [-0.39, 0.29) is 5.91 Å². The largest absolute Gasteiger partial charge is 0.487 e. The summed E-state index contributed by atoms with van der Waals surface area (Å²) in [4.78, 5) is 18.0. The van der Waals surface area contributed by atoms with Crippen LogP contribution in [-0.4, -0.2) is 20.7 Å². The Labute approximate surface area is 136 Å². The first-order valence-electron chi connectivity index (χ1n) is 7.31. The number of para-hydroxylation sites is 1. The van der Waals surface area contributed by atoms with E-state index >= 15 is 0 Å². The lowest BCUT2D eigenvalue weighted by Gasteiger charge is -2.15. The van der Waals surface area contributed by atoms with E-state index in [2.05, 4.69) is 15.4 Å². The standard InChI is InChI=1S/C16H14N4O2S/c1-2-20-11(7-8-17-20)15(21)19-16-18-14-10-5-3-4-6-12(10)22-9-13(14)23-16/h3-8H,2,9H2,1H3,(H,18,19,21). The number of nitrogens with one attached hydrogen (secondary N) is 1. The summed E-state index contributed by atoms with van der Waals surface area (Å²) in [6.07, 6.45) is 1.62. The maximum absolute atomic E-state index is 12.4. The van der Waals surface area contributed by atoms with Gasteiger partial charge in [0.15, 0.2) is 5.13 Å². The molecule has 0 atom stereocenters. The number of anilines is 1. The second-order valence-corrected chi connectivity index (χ2v) is 6.15. The number of carbonyl (C=O) groups is 1. The molecule has 0 spiro atoms. The molecule has 1 N–H and O–H groups in total. The van der Waals surface area contributed by atoms with E-state index in [4.69, 9.17) is 4.74 Å². The Kier molecular flexibility index (Phi) is 3.34. The number of thiazole rings is 1. The summed E-state index contributed by atoms with van der Waals surface area (Å²) in [6, 6.07) is 9.49. The molecule has 1 aliphatic rings. The number of aromatic nitrogens is 3. The Bertz CT molecular complexity index is 884. The van der Waals surface area contributed by atoms with Crippen molar-refractivity contribution in [2.45, 2.75) is 20.1 Å². The zero-order valence-electron chi connectivity index (χ0n) is 12.4. The maximum atomic E-state index is 12.4. The molecule has 1 aromatic carbocycles. The van der Waals surface area contributed by atoms with Gasteiger partial charge in [0.2, 0.25) is 0 Å². The number of hydrogen-bond donors (Lipinski definition) is 1. The van der Waals surface area contributed by atoms with Gasteiger partial charge in [-0.05, 0) is 25.1 Å². The van der Waals surface area contributed by atoms with Crippen LogP contribution in [0.2, 0.25) is 0 Å². The minimum atomic E-state index is -0.204. The zero-order valence-corrected chi connectivity index (χ0v) is 13.3. The van der Waals surface area contributed by atoms with Gasteiger partial charge >= 0.3 is 0 Å². The van der Waals surface area contributed by atoms with Gasteiger partial charge in [-0.1, -0.05) is 23.5 Å². The number of carbonyl (C=O) groups excluding carboxylic acids is 1. The van der Waals surface area contributed by atoms with Crippen LogP contribution in [0, 0.1) is 0 Å². The molecule has 1 amide bonds. The molecule has 2 aromatic heterocycles. The topological polar surface area (TPSA) is 69.0 Å². The van der Waals surface area contributed by atoms with E-state index in [1.165, 1.54) is 11.3 Å². The normalized spacial score (nSPS) is 12.2. The van der Waals surface area contributed by atoms with Gasteiger partial charge in [-0.3, -0.25) is 14.8 Å². The van der Waals surface area contributed by atoms with Crippen molar-refractivity contribution in [3.63, 3.8) is 0 Å². The lowest BCUT2D eigenvalue weighted by molar-refractivity contribution is 0.101. The fraction of sp³-hybridized carbons (Fsp3) is 0.188. The third-order valence-electron chi connectivity index (χ3n) is 3.67. The van der Waals surface area contributed by atoms with E-state index in [0.29, 0.717) is 24.0 Å². The number of hydrogen-bond acceptors (Lipinski definition) is 5. The SMILES string of the molecule is CCn1nccc1C(=O)Nc1nc2c(s1)COc1ccccc1-2. The van der Waals surface area contributed by atoms with Crippen molar-refractivity contribution in [2.24, 2.45) is 0 Å². The van der Waals surface area contributed by atoms with Crippen molar-refractivity contribution >= 4 is 22.4 Å². The molecule has 7 heteroatoms. The zero-order chi connectivity index (χ0) is 15.8. The predicted octanol–water partition coefficient (Wildman–Crippen LogP) is 3.17. The smallest absolute Gasteiger partial charge is 0.275 e. The van der Waals surface area contributed by atoms with Crippen LogP contribution in [0.15, 0.2) is 36.5 Å². The summed E-state index contributed by atoms with van der Waals surface area (Å²) >= 11 is 1.44. The molecule has 0 saturated heterocycles. The molecule has 0 bridgehead atoms. The molecule has 3 aromatic rings. The molecule has 0 aliphatic carbocycles. The summed E-state index contributed by atoms with van der Waals surface area (Å²) in [5, 5.41) is 7.54. The molecule has 4 rings (SSSR count). The monoisotopic (exact) mass is 326 g/mol.